The van der Waals surface area contributed by atoms with E-state index in [4.69, 9.17) is 99.5 Å². The molecule has 8 heterocycles. The lowest BCUT2D eigenvalue weighted by Gasteiger charge is -2.64. The molecule has 0 amide bonds. The number of nitrogens with zero attached hydrogens (tertiary/aromatic N) is 4. The number of benzene rings is 4. The molecule has 4 aromatic carbocycles. The Morgan fingerprint density at radius 1 is 0.344 bits per heavy atom. The third kappa shape index (κ3) is 14.9. The van der Waals surface area contributed by atoms with Crippen LogP contribution in [0.2, 0.25) is 0 Å². The maximum Gasteiger partial charge on any atom is 0.189 e. The Bertz CT molecular complexity index is 4440. The van der Waals surface area contributed by atoms with Crippen LogP contribution in [0.1, 0.15) is 127 Å². The van der Waals surface area contributed by atoms with Gasteiger partial charge in [-0.1, -0.05) is 54.6 Å². The Hall–Kier alpha value is -6.44. The molecule has 716 valence electrons. The highest BCUT2D eigenvalue weighted by Gasteiger charge is 2.78. The summed E-state index contributed by atoms with van der Waals surface area (Å²) in [5.41, 5.74) is 1.50. The highest BCUT2D eigenvalue weighted by atomic mass is 16.7. The van der Waals surface area contributed by atoms with Crippen LogP contribution in [-0.2, 0) is 114 Å². The van der Waals surface area contributed by atoms with Gasteiger partial charge in [0.05, 0.1) is 193 Å². The van der Waals surface area contributed by atoms with Crippen molar-refractivity contribution in [1.29, 1.82) is 0 Å². The molecule has 20 rings (SSSR count). The fourth-order valence-corrected chi connectivity index (χ4v) is 28.4. The van der Waals surface area contributed by atoms with E-state index in [0.717, 1.165) is 89.3 Å². The minimum atomic E-state index is -1.13. The van der Waals surface area contributed by atoms with Crippen LogP contribution in [0.15, 0.2) is 99.2 Å². The normalized spacial score (nSPS) is 35.1. The van der Waals surface area contributed by atoms with E-state index < -0.39 is 92.2 Å². The first-order chi connectivity index (χ1) is 64.0. The fourth-order valence-electron chi connectivity index (χ4n) is 28.4. The predicted octanol–water partition coefficient (Wildman–Crippen LogP) is 8.05. The molecule has 29 nitrogen and oxygen atoms in total. The van der Waals surface area contributed by atoms with E-state index >= 15 is 0 Å². The number of likely N-dealkylation sites (tertiary alicyclic amines) is 4. The number of methoxy groups -OCH3 is 3. The molecular formula is C102H138N4O25. The van der Waals surface area contributed by atoms with Gasteiger partial charge in [-0.15, -0.1) is 26.3 Å². The van der Waals surface area contributed by atoms with E-state index in [1.807, 2.05) is 42.5 Å². The van der Waals surface area contributed by atoms with E-state index in [0.29, 0.717) is 190 Å². The number of rotatable bonds is 50. The summed E-state index contributed by atoms with van der Waals surface area (Å²) in [5.74, 6) is 4.51. The van der Waals surface area contributed by atoms with Gasteiger partial charge < -0.3 is 120 Å². The molecule has 8 aliphatic heterocycles. The molecular weight excluding hydrogens is 1680 g/mol. The second-order valence-corrected chi connectivity index (χ2v) is 39.8. The molecule has 0 radical (unpaired) electrons. The summed E-state index contributed by atoms with van der Waals surface area (Å²) >= 11 is 0. The van der Waals surface area contributed by atoms with E-state index in [2.05, 4.69) is 83.2 Å². The van der Waals surface area contributed by atoms with Gasteiger partial charge in [0.15, 0.2) is 54.9 Å². The minimum absolute atomic E-state index is 0.00274. The Balaban J connectivity index is 0.573. The summed E-state index contributed by atoms with van der Waals surface area (Å²) in [6, 6.07) is 16.1. The van der Waals surface area contributed by atoms with Crippen LogP contribution in [0, 0.1) is 12.3 Å². The average molecular weight is 1820 g/mol. The van der Waals surface area contributed by atoms with Crippen molar-refractivity contribution in [3.05, 3.63) is 149 Å². The SMILES string of the molecule is C=CCN1CC[C@]23c4c5ccc(C)c4OC2C(OCCOCC(COCCOC2CC[C@@]4(O)C6Cc7ccc(OCOCCOC)c8c7[C@@]4(CCN6CC=C)C2O8)(COCCOC2CC[C@@]4(O)C6Cc7ccc(OCOCCOC)c8c7[C@@]4(CCN6CC=C)[C@H]2O8)COCCOC2CC[C@@]4(O)C6Cc7ccc(OCOCCOC)c8c7[C@@]4(CCN6CC=C)[C@H]2O8)CC[C@@]3(O)C1C5. The molecule has 8 aliphatic carbocycles. The fraction of sp³-hybridized carbons (Fsp3) is 0.686. The highest BCUT2D eigenvalue weighted by molar-refractivity contribution is 5.67. The van der Waals surface area contributed by atoms with E-state index in [1.165, 1.54) is 5.56 Å². The molecule has 0 aromatic heterocycles. The van der Waals surface area contributed by atoms with E-state index in [9.17, 15) is 20.4 Å². The highest BCUT2D eigenvalue weighted by Crippen LogP contribution is 2.71. The van der Waals surface area contributed by atoms with Crippen LogP contribution in [0.3, 0.4) is 0 Å². The maximum absolute atomic E-state index is 13.5. The quantitative estimate of drug-likeness (QED) is 0.0185. The van der Waals surface area contributed by atoms with Gasteiger partial charge in [-0.2, -0.15) is 0 Å². The zero-order valence-electron chi connectivity index (χ0n) is 77.2. The summed E-state index contributed by atoms with van der Waals surface area (Å²) in [6.07, 6.45) is 13.8. The summed E-state index contributed by atoms with van der Waals surface area (Å²) in [5, 5.41) is 53.9. The lowest BCUT2D eigenvalue weighted by Crippen LogP contribution is -2.77. The number of aryl methyl sites for hydroxylation is 1. The van der Waals surface area contributed by atoms with Crippen molar-refractivity contribution in [2.45, 2.75) is 227 Å². The summed E-state index contributed by atoms with van der Waals surface area (Å²) < 4.78 is 138. The average Bonchev–Trinajstić information content (AvgIpc) is 1.61. The first kappa shape index (κ1) is 92.3. The van der Waals surface area contributed by atoms with Crippen LogP contribution in [-0.4, -0.2) is 348 Å². The van der Waals surface area contributed by atoms with Gasteiger partial charge in [0.1, 0.15) is 30.2 Å². The van der Waals surface area contributed by atoms with Crippen molar-refractivity contribution >= 4 is 0 Å². The summed E-state index contributed by atoms with van der Waals surface area (Å²) in [6.45, 7) is 28.7. The Kier molecular flexibility index (Phi) is 26.6. The minimum Gasteiger partial charge on any atom is -0.486 e. The third-order valence-electron chi connectivity index (χ3n) is 33.8. The van der Waals surface area contributed by atoms with Crippen molar-refractivity contribution < 1.29 is 120 Å². The van der Waals surface area contributed by atoms with E-state index in [1.54, 1.807) is 21.3 Å². The monoisotopic (exact) mass is 1820 g/mol. The molecule has 8 bridgehead atoms. The Labute approximate surface area is 770 Å². The van der Waals surface area contributed by atoms with Crippen LogP contribution >= 0.6 is 0 Å². The van der Waals surface area contributed by atoms with Crippen LogP contribution in [0.5, 0.6) is 40.2 Å². The predicted molar refractivity (Wildman–Crippen MR) is 482 cm³/mol. The second kappa shape index (κ2) is 37.8. The number of hydrogen-bond acceptors (Lipinski definition) is 29. The Morgan fingerprint density at radius 2 is 0.603 bits per heavy atom. The van der Waals surface area contributed by atoms with Crippen molar-refractivity contribution in [2.24, 2.45) is 5.41 Å². The van der Waals surface area contributed by atoms with Gasteiger partial charge in [0, 0.05) is 93.9 Å². The number of hydrogen-bond donors (Lipinski definition) is 4. The topological polar surface area (TPSA) is 288 Å². The molecule has 4 saturated carbocycles. The number of ether oxygens (including phenoxy) is 21. The van der Waals surface area contributed by atoms with E-state index in [-0.39, 0.29) is 130 Å². The molecule has 10 unspecified atom stereocenters. The summed E-state index contributed by atoms with van der Waals surface area (Å²) in [4.78, 5) is 9.56. The first-order valence-electron chi connectivity index (χ1n) is 48.4. The number of aliphatic hydroxyl groups is 4. The standard InChI is InChI=1S/C102H138N4O25/c1-9-33-103-37-29-95-82-67-14-13-66(5)86(82)128-90(95)74(21-25-99(95,107)78(103)55-67)121-51-47-114-59-94(60-115-48-52-122-75-22-26-100(108)79-56-68-15-18-71(125-63-118-44-41-111-6)87-83(68)96(100,91(75)129-87)30-38-104(79)34-10-2,61-116-49-53-123-76-23-27-101(109)80-57-69-16-19-72(126-64-119-45-42-112-7)88-84(69)97(101,92(76)130-88)31-39-105(80)35-11-3)62-117-50-54-124-77-24-28-102(110)81-58-70-17-20-73(127-65-120-46-43-113-8)89-85(70)98(102,93(77)131-89)32-40-106(81)36-12-4/h9-20,74-81,90-93,107-110H,1-4,21-65H2,5-8H3/t74?,75?,76?,77?,78?,79?,80?,81?,90?,91-,92-,93?,94?,95-,96-,97-,98-,99+,100+,101+,102+/m0/s1. The second-order valence-electron chi connectivity index (χ2n) is 39.8. The zero-order valence-corrected chi connectivity index (χ0v) is 77.2. The van der Waals surface area contributed by atoms with Crippen LogP contribution in [0.4, 0.5) is 0 Å². The Morgan fingerprint density at radius 3 is 0.878 bits per heavy atom. The molecule has 131 heavy (non-hydrogen) atoms. The maximum atomic E-state index is 13.5. The number of piperidine rings is 4. The van der Waals surface area contributed by atoms with Gasteiger partial charge in [0.2, 0.25) is 0 Å². The van der Waals surface area contributed by atoms with Crippen molar-refractivity contribution in [3.63, 3.8) is 0 Å². The third-order valence-corrected chi connectivity index (χ3v) is 33.8. The van der Waals surface area contributed by atoms with Gasteiger partial charge in [-0.05, 0) is 182 Å². The van der Waals surface area contributed by atoms with Gasteiger partial charge in [-0.25, -0.2) is 0 Å². The molecule has 16 aliphatic rings. The molecule has 29 heteroatoms. The largest absolute Gasteiger partial charge is 0.486 e. The molecule has 4 spiro atoms. The molecule has 8 fully saturated rings. The molecule has 4 aromatic rings. The first-order valence-corrected chi connectivity index (χ1v) is 48.4. The van der Waals surface area contributed by atoms with Gasteiger partial charge in [-0.3, -0.25) is 19.6 Å². The lowest BCUT2D eigenvalue weighted by atomic mass is 9.48. The van der Waals surface area contributed by atoms with Crippen LogP contribution < -0.4 is 33.2 Å². The molecule has 4 N–H and O–H groups in total. The molecule has 4 saturated heterocycles. The summed E-state index contributed by atoms with van der Waals surface area (Å²) in [7, 11) is 4.92. The van der Waals surface area contributed by atoms with Crippen molar-refractivity contribution in [1.82, 2.24) is 19.6 Å². The van der Waals surface area contributed by atoms with Gasteiger partial charge >= 0.3 is 0 Å². The van der Waals surface area contributed by atoms with Crippen molar-refractivity contribution in [3.8, 4) is 40.2 Å². The zero-order chi connectivity index (χ0) is 90.1. The van der Waals surface area contributed by atoms with Crippen LogP contribution in [0.25, 0.3) is 0 Å². The lowest BCUT2D eigenvalue weighted by molar-refractivity contribution is -0.217. The molecule has 20 atom stereocenters. The van der Waals surface area contributed by atoms with Gasteiger partial charge in [0.25, 0.3) is 0 Å². The van der Waals surface area contributed by atoms with Crippen molar-refractivity contribution in [2.75, 3.05) is 213 Å². The smallest absolute Gasteiger partial charge is 0.189 e.